The molecule has 3 aromatic carbocycles. The van der Waals surface area contributed by atoms with Gasteiger partial charge in [-0.3, -0.25) is 14.5 Å². The summed E-state index contributed by atoms with van der Waals surface area (Å²) in [7, 11) is 4.47. The highest BCUT2D eigenvalue weighted by Crippen LogP contribution is 2.48. The Hall–Kier alpha value is -4.37. The van der Waals surface area contributed by atoms with Crippen LogP contribution in [-0.4, -0.2) is 43.1 Å². The molecule has 0 saturated carbocycles. The van der Waals surface area contributed by atoms with Crippen molar-refractivity contribution in [1.82, 2.24) is 4.98 Å². The van der Waals surface area contributed by atoms with Crippen LogP contribution >= 0.6 is 11.3 Å². The molecule has 0 bridgehead atoms. The number of aryl methyl sites for hydroxylation is 2. The third kappa shape index (κ3) is 4.05. The Morgan fingerprint density at radius 1 is 0.947 bits per heavy atom. The average molecular weight is 531 g/mol. The highest BCUT2D eigenvalue weighted by atomic mass is 32.1. The number of thiazole rings is 1. The SMILES string of the molecule is COc1cc(C2/C(=C(\O)c3ccccc3)C(=O)C(=O)N2c2nc3c(C)cc(C)cc3s2)cc(OC)c1OC. The van der Waals surface area contributed by atoms with Crippen LogP contribution in [0.4, 0.5) is 5.13 Å². The van der Waals surface area contributed by atoms with Gasteiger partial charge in [-0.05, 0) is 48.7 Å². The predicted octanol–water partition coefficient (Wildman–Crippen LogP) is 5.57. The summed E-state index contributed by atoms with van der Waals surface area (Å²) in [5, 5.41) is 11.7. The van der Waals surface area contributed by atoms with E-state index in [1.807, 2.05) is 26.0 Å². The molecule has 0 aliphatic carbocycles. The highest BCUT2D eigenvalue weighted by Gasteiger charge is 2.48. The lowest BCUT2D eigenvalue weighted by Crippen LogP contribution is -2.29. The maximum Gasteiger partial charge on any atom is 0.301 e. The topological polar surface area (TPSA) is 98.2 Å². The molecule has 1 amide bonds. The quantitative estimate of drug-likeness (QED) is 0.198. The number of aromatic nitrogens is 1. The third-order valence-electron chi connectivity index (χ3n) is 6.52. The smallest absolute Gasteiger partial charge is 0.301 e. The highest BCUT2D eigenvalue weighted by molar-refractivity contribution is 7.22. The minimum Gasteiger partial charge on any atom is -0.507 e. The monoisotopic (exact) mass is 530 g/mol. The summed E-state index contributed by atoms with van der Waals surface area (Å²) >= 11 is 1.31. The van der Waals surface area contributed by atoms with E-state index in [2.05, 4.69) is 0 Å². The van der Waals surface area contributed by atoms with Gasteiger partial charge in [-0.25, -0.2) is 4.98 Å². The van der Waals surface area contributed by atoms with Crippen LogP contribution in [0.2, 0.25) is 0 Å². The van der Waals surface area contributed by atoms with Gasteiger partial charge in [-0.2, -0.15) is 0 Å². The average Bonchev–Trinajstić information content (AvgIpc) is 3.46. The maximum absolute atomic E-state index is 13.6. The lowest BCUT2D eigenvalue weighted by molar-refractivity contribution is -0.132. The number of ketones is 1. The molecule has 0 spiro atoms. The fourth-order valence-electron chi connectivity index (χ4n) is 4.82. The number of rotatable bonds is 6. The summed E-state index contributed by atoms with van der Waals surface area (Å²) in [6.07, 6.45) is 0. The van der Waals surface area contributed by atoms with E-state index in [0.717, 1.165) is 21.3 Å². The lowest BCUT2D eigenvalue weighted by Gasteiger charge is -2.24. The molecule has 2 heterocycles. The Kier molecular flexibility index (Phi) is 6.54. The molecule has 5 rings (SSSR count). The number of methoxy groups -OCH3 is 3. The summed E-state index contributed by atoms with van der Waals surface area (Å²) in [5.41, 5.74) is 3.64. The van der Waals surface area contributed by atoms with E-state index < -0.39 is 17.7 Å². The van der Waals surface area contributed by atoms with E-state index in [-0.39, 0.29) is 11.3 Å². The Morgan fingerprint density at radius 3 is 2.21 bits per heavy atom. The van der Waals surface area contributed by atoms with E-state index in [9.17, 15) is 14.7 Å². The van der Waals surface area contributed by atoms with Crippen LogP contribution < -0.4 is 19.1 Å². The van der Waals surface area contributed by atoms with Gasteiger partial charge in [0, 0.05) is 5.56 Å². The van der Waals surface area contributed by atoms with Crippen molar-refractivity contribution in [2.45, 2.75) is 19.9 Å². The summed E-state index contributed by atoms with van der Waals surface area (Å²) in [6, 6.07) is 15.0. The van der Waals surface area contributed by atoms with Gasteiger partial charge in [0.1, 0.15) is 5.76 Å². The van der Waals surface area contributed by atoms with Crippen molar-refractivity contribution < 1.29 is 28.9 Å². The number of ether oxygens (including phenoxy) is 3. The molecular formula is C29H26N2O6S. The minimum absolute atomic E-state index is 0.0531. The van der Waals surface area contributed by atoms with Crippen LogP contribution in [0.1, 0.15) is 28.3 Å². The molecule has 1 aliphatic heterocycles. The second-order valence-electron chi connectivity index (χ2n) is 8.92. The molecule has 1 N–H and O–H groups in total. The maximum atomic E-state index is 13.6. The number of hydrogen-bond acceptors (Lipinski definition) is 8. The molecule has 194 valence electrons. The van der Waals surface area contributed by atoms with Crippen molar-refractivity contribution in [1.29, 1.82) is 0 Å². The van der Waals surface area contributed by atoms with E-state index in [4.69, 9.17) is 19.2 Å². The standard InChI is InChI=1S/C29H26N2O6S/c1-15-11-16(2)23-21(12-15)38-29(30-23)31-24(18-13-19(35-3)27(37-5)20(14-18)36-4)22(26(33)28(31)34)25(32)17-9-7-6-8-10-17/h6-14,24,32H,1-5H3/b25-22+. The number of amides is 1. The second kappa shape index (κ2) is 9.83. The molecule has 1 atom stereocenters. The van der Waals surface area contributed by atoms with Crippen molar-refractivity contribution in [3.05, 3.63) is 82.4 Å². The van der Waals surface area contributed by atoms with Crippen LogP contribution in [0, 0.1) is 13.8 Å². The van der Waals surface area contributed by atoms with E-state index in [0.29, 0.717) is 33.5 Å². The Balaban J connectivity index is 1.80. The van der Waals surface area contributed by atoms with Gasteiger partial charge in [0.25, 0.3) is 5.78 Å². The fourth-order valence-corrected chi connectivity index (χ4v) is 5.99. The number of nitrogens with zero attached hydrogens (tertiary/aromatic N) is 2. The van der Waals surface area contributed by atoms with Crippen LogP contribution in [0.25, 0.3) is 16.0 Å². The van der Waals surface area contributed by atoms with Crippen molar-refractivity contribution in [3.63, 3.8) is 0 Å². The molecule has 1 aromatic heterocycles. The first-order valence-corrected chi connectivity index (χ1v) is 12.6. The molecule has 9 heteroatoms. The van der Waals surface area contributed by atoms with E-state index in [1.54, 1.807) is 42.5 Å². The number of aliphatic hydroxyl groups is 1. The Labute approximate surface area is 223 Å². The number of benzene rings is 3. The van der Waals surface area contributed by atoms with Crippen LogP contribution in [0.5, 0.6) is 17.2 Å². The zero-order valence-corrected chi connectivity index (χ0v) is 22.4. The van der Waals surface area contributed by atoms with Gasteiger partial charge >= 0.3 is 5.91 Å². The van der Waals surface area contributed by atoms with Gasteiger partial charge in [0.05, 0.1) is 43.2 Å². The predicted molar refractivity (Wildman–Crippen MR) is 146 cm³/mol. The number of carbonyl (C=O) groups is 2. The second-order valence-corrected chi connectivity index (χ2v) is 9.93. The van der Waals surface area contributed by atoms with Crippen LogP contribution in [0.15, 0.2) is 60.2 Å². The zero-order valence-electron chi connectivity index (χ0n) is 21.6. The molecule has 4 aromatic rings. The molecule has 1 aliphatic rings. The fraction of sp³-hybridized carbons (Fsp3) is 0.207. The first kappa shape index (κ1) is 25.3. The first-order chi connectivity index (χ1) is 18.3. The first-order valence-electron chi connectivity index (χ1n) is 11.8. The molecule has 8 nitrogen and oxygen atoms in total. The lowest BCUT2D eigenvalue weighted by atomic mass is 9.95. The van der Waals surface area contributed by atoms with Crippen LogP contribution in [-0.2, 0) is 9.59 Å². The molecular weight excluding hydrogens is 504 g/mol. The zero-order chi connectivity index (χ0) is 27.1. The Morgan fingerprint density at radius 2 is 1.61 bits per heavy atom. The van der Waals surface area contributed by atoms with Crippen LogP contribution in [0.3, 0.4) is 0 Å². The summed E-state index contributed by atoms with van der Waals surface area (Å²) < 4.78 is 17.5. The molecule has 1 fully saturated rings. The van der Waals surface area contributed by atoms with Crippen molar-refractivity contribution >= 4 is 44.1 Å². The van der Waals surface area contributed by atoms with Crippen molar-refractivity contribution in [2.24, 2.45) is 0 Å². The number of anilines is 1. The van der Waals surface area contributed by atoms with Gasteiger partial charge < -0.3 is 19.3 Å². The number of hydrogen-bond donors (Lipinski definition) is 1. The number of fused-ring (bicyclic) bond motifs is 1. The van der Waals surface area contributed by atoms with Gasteiger partial charge in [-0.1, -0.05) is 47.7 Å². The molecule has 0 radical (unpaired) electrons. The third-order valence-corrected chi connectivity index (χ3v) is 7.52. The van der Waals surface area contributed by atoms with E-state index >= 15 is 0 Å². The molecule has 1 saturated heterocycles. The number of Topliss-reactive ketones (excluding diaryl/α,β-unsaturated/α-hetero) is 1. The largest absolute Gasteiger partial charge is 0.507 e. The van der Waals surface area contributed by atoms with Crippen molar-refractivity contribution in [3.8, 4) is 17.2 Å². The van der Waals surface area contributed by atoms with E-state index in [1.165, 1.54) is 37.6 Å². The van der Waals surface area contributed by atoms with Gasteiger partial charge in [0.2, 0.25) is 5.75 Å². The number of carbonyl (C=O) groups excluding carboxylic acids is 2. The van der Waals surface area contributed by atoms with Gasteiger partial charge in [0.15, 0.2) is 16.6 Å². The minimum atomic E-state index is -0.995. The van der Waals surface area contributed by atoms with Gasteiger partial charge in [-0.15, -0.1) is 0 Å². The summed E-state index contributed by atoms with van der Waals surface area (Å²) in [6.45, 7) is 3.95. The summed E-state index contributed by atoms with van der Waals surface area (Å²) in [4.78, 5) is 33.2. The van der Waals surface area contributed by atoms with Crippen molar-refractivity contribution in [2.75, 3.05) is 26.2 Å². The normalized spacial score (nSPS) is 16.8. The summed E-state index contributed by atoms with van der Waals surface area (Å²) in [5.74, 6) is -0.805. The number of aliphatic hydroxyl groups excluding tert-OH is 1. The molecule has 1 unspecified atom stereocenters. The Bertz CT molecular complexity index is 1580. The molecule has 38 heavy (non-hydrogen) atoms.